The average molecular weight is 294 g/mol. The van der Waals surface area contributed by atoms with Crippen molar-refractivity contribution in [2.45, 2.75) is 12.6 Å². The zero-order valence-corrected chi connectivity index (χ0v) is 8.33. The molecule has 0 saturated carbocycles. The molecule has 1 rings (SSSR count). The molecular weight excluding hydrogens is 292 g/mol. The molecule has 0 amide bonds. The first kappa shape index (κ1) is 12.3. The van der Waals surface area contributed by atoms with Crippen LogP contribution in [0.2, 0.25) is 0 Å². The van der Waals surface area contributed by atoms with Gasteiger partial charge in [-0.15, -0.1) is 0 Å². The lowest BCUT2D eigenvalue weighted by molar-refractivity contribution is -0.141. The van der Waals surface area contributed by atoms with Crippen LogP contribution in [0.3, 0.4) is 0 Å². The minimum atomic E-state index is -4.87. The lowest BCUT2D eigenvalue weighted by Crippen LogP contribution is -2.11. The molecule has 0 aliphatic carbocycles. The Labute approximate surface area is 88.2 Å². The third-order valence-electron chi connectivity index (χ3n) is 1.47. The van der Waals surface area contributed by atoms with E-state index in [-0.39, 0.29) is 0 Å². The Hall–Kier alpha value is -0.790. The minimum Gasteiger partial charge on any atom is -0.215 e. The Balaban J connectivity index is 3.32. The van der Waals surface area contributed by atoms with Crippen molar-refractivity contribution < 1.29 is 26.3 Å². The number of hydrogen-bond acceptors (Lipinski definition) is 1. The van der Waals surface area contributed by atoms with Crippen molar-refractivity contribution in [3.05, 3.63) is 27.7 Å². The summed E-state index contributed by atoms with van der Waals surface area (Å²) in [6.07, 6.45) is -8.10. The summed E-state index contributed by atoms with van der Waals surface area (Å²) in [4.78, 5) is 2.42. The SMILES string of the molecule is Fc1nc(C(F)(F)F)cc(Br)c1C(F)F. The third-order valence-corrected chi connectivity index (χ3v) is 2.13. The molecule has 0 bridgehead atoms. The van der Waals surface area contributed by atoms with E-state index >= 15 is 0 Å². The predicted octanol–water partition coefficient (Wildman–Crippen LogP) is 3.94. The maximum absolute atomic E-state index is 12.8. The highest BCUT2D eigenvalue weighted by molar-refractivity contribution is 9.10. The number of hydrogen-bond donors (Lipinski definition) is 0. The molecule has 1 aromatic heterocycles. The van der Waals surface area contributed by atoms with Crippen LogP contribution in [0.1, 0.15) is 17.7 Å². The van der Waals surface area contributed by atoms with E-state index in [9.17, 15) is 26.3 Å². The zero-order valence-electron chi connectivity index (χ0n) is 6.75. The Morgan fingerprint density at radius 1 is 1.27 bits per heavy atom. The molecule has 0 saturated heterocycles. The summed E-state index contributed by atoms with van der Waals surface area (Å²) in [5, 5.41) is 0. The summed E-state index contributed by atoms with van der Waals surface area (Å²) in [7, 11) is 0. The number of alkyl halides is 5. The van der Waals surface area contributed by atoms with Gasteiger partial charge in [0.15, 0.2) is 0 Å². The Morgan fingerprint density at radius 3 is 2.13 bits per heavy atom. The van der Waals surface area contributed by atoms with Gasteiger partial charge in [-0.2, -0.15) is 17.6 Å². The maximum atomic E-state index is 12.8. The molecule has 0 N–H and O–H groups in total. The monoisotopic (exact) mass is 293 g/mol. The number of halogens is 7. The van der Waals surface area contributed by atoms with Crippen LogP contribution in [0.15, 0.2) is 10.5 Å². The number of aromatic nitrogens is 1. The zero-order chi connectivity index (χ0) is 11.8. The van der Waals surface area contributed by atoms with E-state index in [2.05, 4.69) is 20.9 Å². The van der Waals surface area contributed by atoms with Crippen LogP contribution in [0.4, 0.5) is 26.3 Å². The minimum absolute atomic E-state index is 0.310. The fourth-order valence-electron chi connectivity index (χ4n) is 0.834. The van der Waals surface area contributed by atoms with Crippen molar-refractivity contribution in [3.8, 4) is 0 Å². The number of nitrogens with zero attached hydrogens (tertiary/aromatic N) is 1. The largest absolute Gasteiger partial charge is 0.433 e. The molecular formula is C7H2BrF6N. The summed E-state index contributed by atoms with van der Waals surface area (Å²) >= 11 is 2.43. The van der Waals surface area contributed by atoms with Gasteiger partial charge in [0.1, 0.15) is 5.69 Å². The van der Waals surface area contributed by atoms with Crippen molar-refractivity contribution in [2.75, 3.05) is 0 Å². The highest BCUT2D eigenvalue weighted by Crippen LogP contribution is 2.34. The standard InChI is InChI=1S/C7H2BrF6N/c8-2-1-3(7(12,13)14)15-6(11)4(2)5(9)10/h1,5H. The van der Waals surface area contributed by atoms with Crippen LogP contribution in [-0.2, 0) is 6.18 Å². The van der Waals surface area contributed by atoms with E-state index in [1.807, 2.05) is 0 Å². The third kappa shape index (κ3) is 2.61. The van der Waals surface area contributed by atoms with Crippen molar-refractivity contribution in [3.63, 3.8) is 0 Å². The summed E-state index contributed by atoms with van der Waals surface area (Å²) < 4.78 is 72.5. The molecule has 0 atom stereocenters. The van der Waals surface area contributed by atoms with Gasteiger partial charge >= 0.3 is 6.18 Å². The molecule has 0 aromatic carbocycles. The van der Waals surface area contributed by atoms with Crippen molar-refractivity contribution in [2.24, 2.45) is 0 Å². The van der Waals surface area contributed by atoms with Crippen molar-refractivity contribution in [1.82, 2.24) is 4.98 Å². The molecule has 0 aliphatic heterocycles. The summed E-state index contributed by atoms with van der Waals surface area (Å²) in [6.45, 7) is 0. The highest BCUT2D eigenvalue weighted by atomic mass is 79.9. The lowest BCUT2D eigenvalue weighted by atomic mass is 10.2. The molecule has 0 aliphatic rings. The Morgan fingerprint density at radius 2 is 1.80 bits per heavy atom. The van der Waals surface area contributed by atoms with Crippen LogP contribution >= 0.6 is 15.9 Å². The van der Waals surface area contributed by atoms with Crippen LogP contribution in [0, 0.1) is 5.95 Å². The van der Waals surface area contributed by atoms with E-state index in [1.165, 1.54) is 0 Å². The summed E-state index contributed by atoms with van der Waals surface area (Å²) in [5.41, 5.74) is -2.74. The van der Waals surface area contributed by atoms with E-state index in [1.54, 1.807) is 0 Å². The van der Waals surface area contributed by atoms with Gasteiger partial charge in [0.25, 0.3) is 6.43 Å². The second-order valence-corrected chi connectivity index (χ2v) is 3.35. The van der Waals surface area contributed by atoms with Crippen molar-refractivity contribution in [1.29, 1.82) is 0 Å². The number of rotatable bonds is 1. The molecule has 0 unspecified atom stereocenters. The van der Waals surface area contributed by atoms with Crippen LogP contribution in [-0.4, -0.2) is 4.98 Å². The molecule has 0 spiro atoms. The maximum Gasteiger partial charge on any atom is 0.433 e. The van der Waals surface area contributed by atoms with Gasteiger partial charge in [-0.1, -0.05) is 15.9 Å². The molecule has 84 valence electrons. The van der Waals surface area contributed by atoms with E-state index < -0.39 is 34.3 Å². The molecule has 1 aromatic rings. The molecule has 8 heteroatoms. The summed E-state index contributed by atoms with van der Waals surface area (Å²) in [6, 6.07) is 0.310. The second-order valence-electron chi connectivity index (χ2n) is 2.49. The highest BCUT2D eigenvalue weighted by Gasteiger charge is 2.35. The van der Waals surface area contributed by atoms with Crippen LogP contribution in [0.25, 0.3) is 0 Å². The van der Waals surface area contributed by atoms with Crippen LogP contribution < -0.4 is 0 Å². The topological polar surface area (TPSA) is 12.9 Å². The normalized spacial score (nSPS) is 12.3. The first-order valence-electron chi connectivity index (χ1n) is 3.44. The average Bonchev–Trinajstić information content (AvgIpc) is 1.99. The van der Waals surface area contributed by atoms with E-state index in [4.69, 9.17) is 0 Å². The molecule has 15 heavy (non-hydrogen) atoms. The van der Waals surface area contributed by atoms with Gasteiger partial charge in [-0.3, -0.25) is 0 Å². The predicted molar refractivity (Wildman–Crippen MR) is 41.9 cm³/mol. The first-order chi connectivity index (χ1) is 6.73. The smallest absolute Gasteiger partial charge is 0.215 e. The fraction of sp³-hybridized carbons (Fsp3) is 0.286. The molecule has 0 fully saturated rings. The fourth-order valence-corrected chi connectivity index (χ4v) is 1.39. The molecule has 0 radical (unpaired) electrons. The Kier molecular flexibility index (Phi) is 3.27. The van der Waals surface area contributed by atoms with Gasteiger partial charge in [-0.25, -0.2) is 13.8 Å². The summed E-state index contributed by atoms with van der Waals surface area (Å²) in [5.74, 6) is -1.83. The van der Waals surface area contributed by atoms with E-state index in [0.717, 1.165) is 0 Å². The first-order valence-corrected chi connectivity index (χ1v) is 4.24. The quantitative estimate of drug-likeness (QED) is 0.564. The lowest BCUT2D eigenvalue weighted by Gasteiger charge is -2.09. The van der Waals surface area contributed by atoms with Gasteiger partial charge in [0, 0.05) is 4.47 Å². The number of pyridine rings is 1. The second kappa shape index (κ2) is 3.99. The van der Waals surface area contributed by atoms with Gasteiger partial charge in [0.05, 0.1) is 5.56 Å². The van der Waals surface area contributed by atoms with Gasteiger partial charge in [0.2, 0.25) is 5.95 Å². The van der Waals surface area contributed by atoms with E-state index in [0.29, 0.717) is 6.07 Å². The van der Waals surface area contributed by atoms with Gasteiger partial charge < -0.3 is 0 Å². The molecule has 1 nitrogen and oxygen atoms in total. The Bertz CT molecular complexity index is 351. The molecule has 1 heterocycles. The van der Waals surface area contributed by atoms with Crippen LogP contribution in [0.5, 0.6) is 0 Å². The van der Waals surface area contributed by atoms with Gasteiger partial charge in [-0.05, 0) is 6.07 Å². The van der Waals surface area contributed by atoms with Crippen molar-refractivity contribution >= 4 is 15.9 Å².